The van der Waals surface area contributed by atoms with Crippen LogP contribution in [0.3, 0.4) is 0 Å². The summed E-state index contributed by atoms with van der Waals surface area (Å²) < 4.78 is 37.5. The molecule has 0 amide bonds. The van der Waals surface area contributed by atoms with E-state index in [2.05, 4.69) is 9.88 Å². The summed E-state index contributed by atoms with van der Waals surface area (Å²) in [5.41, 5.74) is 0.783. The van der Waals surface area contributed by atoms with Crippen LogP contribution in [0, 0.1) is 13.8 Å². The lowest BCUT2D eigenvalue weighted by molar-refractivity contribution is 0.242. The Labute approximate surface area is 124 Å². The lowest BCUT2D eigenvalue weighted by Gasteiger charge is -2.11. The molecule has 1 aromatic heterocycles. The van der Waals surface area contributed by atoms with E-state index in [0.717, 1.165) is 0 Å². The number of nitrogens with one attached hydrogen (secondary N) is 1. The summed E-state index contributed by atoms with van der Waals surface area (Å²) in [4.78, 5) is 0.0741. The van der Waals surface area contributed by atoms with Gasteiger partial charge in [-0.15, -0.1) is 0 Å². The van der Waals surface area contributed by atoms with E-state index in [4.69, 9.17) is 9.26 Å². The number of rotatable bonds is 5. The molecular weight excluding hydrogens is 292 g/mol. The van der Waals surface area contributed by atoms with E-state index in [-0.39, 0.29) is 16.8 Å². The van der Waals surface area contributed by atoms with Gasteiger partial charge < -0.3 is 9.26 Å². The van der Waals surface area contributed by atoms with Crippen LogP contribution < -0.4 is 9.46 Å². The number of hydrogen-bond donors (Lipinski definition) is 1. The Morgan fingerprint density at radius 3 is 2.29 bits per heavy atom. The van der Waals surface area contributed by atoms with Gasteiger partial charge in [0.2, 0.25) is 0 Å². The zero-order valence-electron chi connectivity index (χ0n) is 12.4. The average Bonchev–Trinajstić information content (AvgIpc) is 2.71. The van der Waals surface area contributed by atoms with Gasteiger partial charge in [-0.1, -0.05) is 5.16 Å². The minimum atomic E-state index is -3.71. The van der Waals surface area contributed by atoms with Crippen molar-refractivity contribution in [2.75, 3.05) is 4.72 Å². The topological polar surface area (TPSA) is 81.4 Å². The largest absolute Gasteiger partial charge is 0.491 e. The number of anilines is 1. The lowest BCUT2D eigenvalue weighted by Crippen LogP contribution is -2.14. The Morgan fingerprint density at radius 1 is 1.19 bits per heavy atom. The van der Waals surface area contributed by atoms with Crippen molar-refractivity contribution in [3.05, 3.63) is 35.7 Å². The van der Waals surface area contributed by atoms with Gasteiger partial charge in [0.15, 0.2) is 10.7 Å². The van der Waals surface area contributed by atoms with Crippen molar-refractivity contribution in [3.63, 3.8) is 0 Å². The van der Waals surface area contributed by atoms with Crippen LogP contribution in [0.2, 0.25) is 0 Å². The van der Waals surface area contributed by atoms with Gasteiger partial charge in [-0.25, -0.2) is 8.42 Å². The van der Waals surface area contributed by atoms with Gasteiger partial charge in [-0.2, -0.15) is 0 Å². The minimum Gasteiger partial charge on any atom is -0.491 e. The number of sulfonamides is 1. The van der Waals surface area contributed by atoms with Crippen molar-refractivity contribution < 1.29 is 17.7 Å². The fourth-order valence-electron chi connectivity index (χ4n) is 1.94. The van der Waals surface area contributed by atoms with Crippen molar-refractivity contribution in [1.29, 1.82) is 0 Å². The second-order valence-corrected chi connectivity index (χ2v) is 6.57. The third-order valence-corrected chi connectivity index (χ3v) is 4.34. The molecule has 0 aliphatic carbocycles. The highest BCUT2D eigenvalue weighted by Crippen LogP contribution is 2.23. The van der Waals surface area contributed by atoms with Crippen LogP contribution in [-0.2, 0) is 10.0 Å². The molecule has 7 heteroatoms. The molecule has 0 fully saturated rings. The molecule has 0 saturated carbocycles. The molecule has 21 heavy (non-hydrogen) atoms. The zero-order valence-corrected chi connectivity index (χ0v) is 13.2. The Morgan fingerprint density at radius 2 is 1.81 bits per heavy atom. The molecule has 0 radical (unpaired) electrons. The molecule has 114 valence electrons. The smallest absolute Gasteiger partial charge is 0.267 e. The first kappa shape index (κ1) is 15.4. The molecule has 2 aromatic rings. The van der Waals surface area contributed by atoms with Crippen LogP contribution in [0.15, 0.2) is 33.7 Å². The van der Waals surface area contributed by atoms with Gasteiger partial charge >= 0.3 is 0 Å². The summed E-state index contributed by atoms with van der Waals surface area (Å²) >= 11 is 0. The van der Waals surface area contributed by atoms with Crippen LogP contribution >= 0.6 is 0 Å². The number of ether oxygens (including phenoxy) is 1. The minimum absolute atomic E-state index is 0.0647. The van der Waals surface area contributed by atoms with Crippen LogP contribution in [-0.4, -0.2) is 19.7 Å². The SMILES string of the molecule is Cc1noc(C)c1S(=O)(=O)Nc1ccc(OC(C)C)cc1. The monoisotopic (exact) mass is 310 g/mol. The molecule has 0 aliphatic rings. The highest BCUT2D eigenvalue weighted by Gasteiger charge is 2.24. The number of aromatic nitrogens is 1. The first-order valence-corrected chi connectivity index (χ1v) is 8.00. The lowest BCUT2D eigenvalue weighted by atomic mass is 10.3. The second-order valence-electron chi connectivity index (χ2n) is 4.95. The van der Waals surface area contributed by atoms with E-state index in [1.807, 2.05) is 13.8 Å². The molecule has 0 aliphatic heterocycles. The van der Waals surface area contributed by atoms with E-state index in [1.54, 1.807) is 38.1 Å². The standard InChI is InChI=1S/C14H18N2O4S/c1-9(2)19-13-7-5-12(6-8-13)16-21(17,18)14-10(3)15-20-11(14)4/h5-9,16H,1-4H3. The van der Waals surface area contributed by atoms with Crippen molar-refractivity contribution in [2.45, 2.75) is 38.7 Å². The van der Waals surface area contributed by atoms with Gasteiger partial charge in [-0.05, 0) is 52.0 Å². The first-order chi connectivity index (χ1) is 9.79. The van der Waals surface area contributed by atoms with Gasteiger partial charge in [0.25, 0.3) is 10.0 Å². The summed E-state index contributed by atoms with van der Waals surface area (Å²) in [5, 5.41) is 3.66. The Hall–Kier alpha value is -2.02. The highest BCUT2D eigenvalue weighted by atomic mass is 32.2. The molecule has 0 bridgehead atoms. The Kier molecular flexibility index (Phi) is 4.22. The summed E-state index contributed by atoms with van der Waals surface area (Å²) in [6.45, 7) is 7.00. The highest BCUT2D eigenvalue weighted by molar-refractivity contribution is 7.92. The Balaban J connectivity index is 2.21. The first-order valence-electron chi connectivity index (χ1n) is 6.52. The van der Waals surface area contributed by atoms with Gasteiger partial charge in [-0.3, -0.25) is 4.72 Å². The van der Waals surface area contributed by atoms with Crippen molar-refractivity contribution in [2.24, 2.45) is 0 Å². The third kappa shape index (κ3) is 3.55. The summed E-state index contributed by atoms with van der Waals surface area (Å²) in [6, 6.07) is 6.72. The zero-order chi connectivity index (χ0) is 15.6. The van der Waals surface area contributed by atoms with E-state index in [0.29, 0.717) is 17.1 Å². The number of aryl methyl sites for hydroxylation is 2. The maximum atomic E-state index is 12.3. The molecule has 0 atom stereocenters. The van der Waals surface area contributed by atoms with Gasteiger partial charge in [0.05, 0.1) is 6.10 Å². The van der Waals surface area contributed by atoms with Crippen LogP contribution in [0.5, 0.6) is 5.75 Å². The fourth-order valence-corrected chi connectivity index (χ4v) is 3.33. The number of hydrogen-bond acceptors (Lipinski definition) is 5. The molecule has 1 N–H and O–H groups in total. The van der Waals surface area contributed by atoms with Crippen molar-refractivity contribution in [3.8, 4) is 5.75 Å². The van der Waals surface area contributed by atoms with Crippen LogP contribution in [0.1, 0.15) is 25.3 Å². The quantitative estimate of drug-likeness (QED) is 0.918. The normalized spacial score (nSPS) is 11.7. The Bertz CT molecular complexity index is 698. The molecule has 0 spiro atoms. The molecule has 0 saturated heterocycles. The predicted molar refractivity (Wildman–Crippen MR) is 79.0 cm³/mol. The fraction of sp³-hybridized carbons (Fsp3) is 0.357. The molecule has 1 heterocycles. The average molecular weight is 310 g/mol. The molecule has 1 aromatic carbocycles. The predicted octanol–water partition coefficient (Wildman–Crippen LogP) is 2.88. The number of benzene rings is 1. The maximum absolute atomic E-state index is 12.3. The number of nitrogens with zero attached hydrogens (tertiary/aromatic N) is 1. The van der Waals surface area contributed by atoms with Gasteiger partial charge in [0.1, 0.15) is 11.4 Å². The second kappa shape index (κ2) is 5.77. The van der Waals surface area contributed by atoms with Crippen molar-refractivity contribution >= 4 is 15.7 Å². The summed E-state index contributed by atoms with van der Waals surface area (Å²) in [7, 11) is -3.71. The van der Waals surface area contributed by atoms with E-state index >= 15 is 0 Å². The molecule has 0 unspecified atom stereocenters. The van der Waals surface area contributed by atoms with E-state index in [9.17, 15) is 8.42 Å². The van der Waals surface area contributed by atoms with Crippen molar-refractivity contribution in [1.82, 2.24) is 5.16 Å². The van der Waals surface area contributed by atoms with Crippen LogP contribution in [0.25, 0.3) is 0 Å². The summed E-state index contributed by atoms with van der Waals surface area (Å²) in [6.07, 6.45) is 0.0647. The maximum Gasteiger partial charge on any atom is 0.267 e. The van der Waals surface area contributed by atoms with E-state index in [1.165, 1.54) is 0 Å². The third-order valence-electron chi connectivity index (χ3n) is 2.71. The molecular formula is C14H18N2O4S. The molecule has 6 nitrogen and oxygen atoms in total. The van der Waals surface area contributed by atoms with E-state index < -0.39 is 10.0 Å². The van der Waals surface area contributed by atoms with Crippen LogP contribution in [0.4, 0.5) is 5.69 Å². The summed E-state index contributed by atoms with van der Waals surface area (Å²) in [5.74, 6) is 0.949. The molecule has 2 rings (SSSR count). The van der Waals surface area contributed by atoms with Gasteiger partial charge in [0, 0.05) is 5.69 Å².